The van der Waals surface area contributed by atoms with Gasteiger partial charge in [0.05, 0.1) is 51.2 Å². The summed E-state index contributed by atoms with van der Waals surface area (Å²) in [4.78, 5) is 16.0. The van der Waals surface area contributed by atoms with Gasteiger partial charge in [-0.25, -0.2) is 0 Å². The van der Waals surface area contributed by atoms with E-state index < -0.39 is 6.23 Å². The highest BCUT2D eigenvalue weighted by molar-refractivity contribution is 6.16. The van der Waals surface area contributed by atoms with Gasteiger partial charge in [-0.1, -0.05) is 97.1 Å². The first kappa shape index (κ1) is 27.1. The summed E-state index contributed by atoms with van der Waals surface area (Å²) in [7, 11) is 0. The van der Waals surface area contributed by atoms with Gasteiger partial charge in [-0.2, -0.15) is 10.5 Å². The standard InChI is InChI=1S/C40H24N4O2/c41-23-25-17-19-29(28(21-25)24-42)27-18-20-32-31-12-5-7-15-35(31)43(37(32)22-27)36-16-8-13-33-38(36)40(46)44(39(33)45)34-14-6-4-11-30(34)26-9-2-1-3-10-26/h1-22,39,45H. The summed E-state index contributed by atoms with van der Waals surface area (Å²) in [5.41, 5.74) is 8.17. The lowest BCUT2D eigenvalue weighted by atomic mass is 9.97. The lowest BCUT2D eigenvalue weighted by Gasteiger charge is -2.24. The number of aliphatic hydroxyl groups is 1. The van der Waals surface area contributed by atoms with E-state index >= 15 is 0 Å². The predicted molar refractivity (Wildman–Crippen MR) is 179 cm³/mol. The number of aliphatic hydroxyl groups excluding tert-OH is 1. The second kappa shape index (κ2) is 10.6. The topological polar surface area (TPSA) is 93.1 Å². The van der Waals surface area contributed by atoms with E-state index in [-0.39, 0.29) is 5.91 Å². The third-order valence-electron chi connectivity index (χ3n) is 8.77. The second-order valence-corrected chi connectivity index (χ2v) is 11.2. The molecule has 6 nitrogen and oxygen atoms in total. The van der Waals surface area contributed by atoms with E-state index in [0.717, 1.165) is 38.5 Å². The Balaban J connectivity index is 1.35. The van der Waals surface area contributed by atoms with Crippen molar-refractivity contribution < 1.29 is 9.90 Å². The Morgan fingerprint density at radius 2 is 1.35 bits per heavy atom. The van der Waals surface area contributed by atoms with Crippen LogP contribution in [0, 0.1) is 22.7 Å². The molecule has 0 spiro atoms. The molecule has 6 heteroatoms. The number of hydrogen-bond donors (Lipinski definition) is 1. The van der Waals surface area contributed by atoms with Crippen molar-refractivity contribution in [2.75, 3.05) is 4.90 Å². The summed E-state index contributed by atoms with van der Waals surface area (Å²) in [5, 5.41) is 33.0. The van der Waals surface area contributed by atoms with Crippen LogP contribution in [0.3, 0.4) is 0 Å². The highest BCUT2D eigenvalue weighted by Crippen LogP contribution is 2.44. The molecular formula is C40H24N4O2. The van der Waals surface area contributed by atoms with Gasteiger partial charge < -0.3 is 9.67 Å². The average molecular weight is 593 g/mol. The van der Waals surface area contributed by atoms with Gasteiger partial charge in [-0.05, 0) is 53.1 Å². The fourth-order valence-electron chi connectivity index (χ4n) is 6.70. The van der Waals surface area contributed by atoms with E-state index in [1.54, 1.807) is 18.2 Å². The van der Waals surface area contributed by atoms with Crippen molar-refractivity contribution in [1.82, 2.24) is 4.57 Å². The zero-order valence-corrected chi connectivity index (χ0v) is 24.4. The van der Waals surface area contributed by atoms with Gasteiger partial charge in [0.2, 0.25) is 0 Å². The van der Waals surface area contributed by atoms with Crippen molar-refractivity contribution in [3.05, 3.63) is 156 Å². The zero-order valence-electron chi connectivity index (χ0n) is 24.4. The molecule has 7 aromatic rings. The number of para-hydroxylation sites is 2. The van der Waals surface area contributed by atoms with E-state index in [1.165, 1.54) is 4.90 Å². The molecule has 0 saturated carbocycles. The molecule has 1 N–H and O–H groups in total. The van der Waals surface area contributed by atoms with Gasteiger partial charge in [0.25, 0.3) is 5.91 Å². The molecule has 1 amide bonds. The van der Waals surface area contributed by atoms with Crippen molar-refractivity contribution in [1.29, 1.82) is 10.5 Å². The highest BCUT2D eigenvalue weighted by Gasteiger charge is 2.40. The van der Waals surface area contributed by atoms with Crippen LogP contribution in [0.2, 0.25) is 0 Å². The molecule has 1 unspecified atom stereocenters. The Morgan fingerprint density at radius 1 is 0.609 bits per heavy atom. The van der Waals surface area contributed by atoms with Crippen molar-refractivity contribution in [3.8, 4) is 40.1 Å². The summed E-state index contributed by atoms with van der Waals surface area (Å²) >= 11 is 0. The molecule has 0 aliphatic carbocycles. The largest absolute Gasteiger partial charge is 0.369 e. The molecule has 8 rings (SSSR count). The Hall–Kier alpha value is -6.47. The molecule has 6 aromatic carbocycles. The van der Waals surface area contributed by atoms with Crippen LogP contribution in [0.25, 0.3) is 49.7 Å². The molecule has 46 heavy (non-hydrogen) atoms. The van der Waals surface area contributed by atoms with Crippen LogP contribution in [0.1, 0.15) is 33.3 Å². The second-order valence-electron chi connectivity index (χ2n) is 11.2. The lowest BCUT2D eigenvalue weighted by molar-refractivity contribution is 0.0935. The van der Waals surface area contributed by atoms with Crippen molar-refractivity contribution in [2.24, 2.45) is 0 Å². The molecule has 0 saturated heterocycles. The Morgan fingerprint density at radius 3 is 2.17 bits per heavy atom. The highest BCUT2D eigenvalue weighted by atomic mass is 16.3. The summed E-state index contributed by atoms with van der Waals surface area (Å²) < 4.78 is 2.07. The minimum Gasteiger partial charge on any atom is -0.369 e. The first-order valence-corrected chi connectivity index (χ1v) is 14.9. The number of amides is 1. The van der Waals surface area contributed by atoms with Gasteiger partial charge in [0.15, 0.2) is 6.23 Å². The predicted octanol–water partition coefficient (Wildman–Crippen LogP) is 8.51. The fraction of sp³-hybridized carbons (Fsp3) is 0.0250. The third kappa shape index (κ3) is 4.03. The molecule has 0 fully saturated rings. The number of fused-ring (bicyclic) bond motifs is 4. The fourth-order valence-corrected chi connectivity index (χ4v) is 6.70. The summed E-state index contributed by atoms with van der Waals surface area (Å²) in [6, 6.07) is 46.6. The smallest absolute Gasteiger partial charge is 0.263 e. The first-order valence-electron chi connectivity index (χ1n) is 14.9. The molecule has 1 aliphatic heterocycles. The Bertz CT molecular complexity index is 2450. The number of aromatic nitrogens is 1. The van der Waals surface area contributed by atoms with Gasteiger partial charge in [-0.15, -0.1) is 0 Å². The van der Waals surface area contributed by atoms with Crippen LogP contribution in [0.5, 0.6) is 0 Å². The summed E-state index contributed by atoms with van der Waals surface area (Å²) in [5.74, 6) is -0.289. The van der Waals surface area contributed by atoms with Crippen molar-refractivity contribution in [3.63, 3.8) is 0 Å². The normalized spacial score (nSPS) is 13.9. The van der Waals surface area contributed by atoms with Crippen LogP contribution in [0.4, 0.5) is 5.69 Å². The first-order chi connectivity index (χ1) is 22.6. The van der Waals surface area contributed by atoms with Crippen LogP contribution < -0.4 is 4.90 Å². The van der Waals surface area contributed by atoms with Crippen molar-refractivity contribution in [2.45, 2.75) is 6.23 Å². The number of rotatable bonds is 4. The summed E-state index contributed by atoms with van der Waals surface area (Å²) in [6.07, 6.45) is -1.17. The third-order valence-corrected chi connectivity index (χ3v) is 8.77. The maximum atomic E-state index is 14.5. The number of benzene rings is 6. The summed E-state index contributed by atoms with van der Waals surface area (Å²) in [6.45, 7) is 0. The van der Waals surface area contributed by atoms with Gasteiger partial charge in [0, 0.05) is 21.9 Å². The quantitative estimate of drug-likeness (QED) is 0.222. The van der Waals surface area contributed by atoms with Gasteiger partial charge in [-0.3, -0.25) is 9.69 Å². The monoisotopic (exact) mass is 592 g/mol. The van der Waals surface area contributed by atoms with E-state index in [2.05, 4.69) is 22.8 Å². The SMILES string of the molecule is N#Cc1ccc(-c2ccc3c4ccccc4n(-c4cccc5c4C(=O)N(c4ccccc4-c4ccccc4)C5O)c3c2)c(C#N)c1. The maximum Gasteiger partial charge on any atom is 0.263 e. The van der Waals surface area contributed by atoms with Crippen LogP contribution >= 0.6 is 0 Å². The number of carbonyl (C=O) groups excluding carboxylic acids is 1. The molecule has 216 valence electrons. The van der Waals surface area contributed by atoms with Crippen LogP contribution in [-0.4, -0.2) is 15.6 Å². The minimum atomic E-state index is -1.17. The van der Waals surface area contributed by atoms with E-state index in [0.29, 0.717) is 39.2 Å². The Kier molecular flexibility index (Phi) is 6.25. The molecule has 1 aromatic heterocycles. The number of hydrogen-bond acceptors (Lipinski definition) is 4. The van der Waals surface area contributed by atoms with Crippen LogP contribution in [0.15, 0.2) is 133 Å². The minimum absolute atomic E-state index is 0.289. The number of nitrogens with zero attached hydrogens (tertiary/aromatic N) is 4. The maximum absolute atomic E-state index is 14.5. The molecular weight excluding hydrogens is 568 g/mol. The van der Waals surface area contributed by atoms with Gasteiger partial charge in [0.1, 0.15) is 0 Å². The molecule has 0 radical (unpaired) electrons. The number of nitriles is 2. The molecule has 1 atom stereocenters. The van der Waals surface area contributed by atoms with Crippen LogP contribution in [-0.2, 0) is 0 Å². The van der Waals surface area contributed by atoms with E-state index in [4.69, 9.17) is 0 Å². The molecule has 0 bridgehead atoms. The number of anilines is 1. The number of carbonyl (C=O) groups is 1. The molecule has 2 heterocycles. The van der Waals surface area contributed by atoms with Crippen molar-refractivity contribution >= 4 is 33.4 Å². The average Bonchev–Trinajstić information content (AvgIpc) is 3.58. The van der Waals surface area contributed by atoms with E-state index in [1.807, 2.05) is 109 Å². The Labute approximate surface area is 264 Å². The zero-order chi connectivity index (χ0) is 31.4. The van der Waals surface area contributed by atoms with Gasteiger partial charge >= 0.3 is 0 Å². The van der Waals surface area contributed by atoms with E-state index in [9.17, 15) is 20.4 Å². The molecule has 1 aliphatic rings. The lowest BCUT2D eigenvalue weighted by Crippen LogP contribution is -2.28.